The molecule has 4 rings (SSSR count). The van der Waals surface area contributed by atoms with E-state index < -0.39 is 0 Å². The second-order valence-electron chi connectivity index (χ2n) is 7.95. The van der Waals surface area contributed by atoms with Crippen LogP contribution in [0.15, 0.2) is 72.8 Å². The number of fused-ring (bicyclic) bond motifs is 1. The number of unbranched alkanes of at least 4 members (excludes halogenated alkanes) is 2. The Morgan fingerprint density at radius 3 is 2.45 bits per heavy atom. The summed E-state index contributed by atoms with van der Waals surface area (Å²) in [5, 5.41) is 0. The minimum Gasteiger partial charge on any atom is -0.497 e. The summed E-state index contributed by atoms with van der Waals surface area (Å²) in [5.74, 6) is 0.897. The zero-order chi connectivity index (χ0) is 20.1. The van der Waals surface area contributed by atoms with Gasteiger partial charge in [0.25, 0.3) is 0 Å². The molecule has 0 bridgehead atoms. The Morgan fingerprint density at radius 2 is 1.72 bits per heavy atom. The number of hydrogen-bond donors (Lipinski definition) is 0. The lowest BCUT2D eigenvalue weighted by atomic mass is 9.89. The van der Waals surface area contributed by atoms with Crippen LogP contribution in [0.25, 0.3) is 0 Å². The molecule has 0 saturated carbocycles. The molecule has 1 heterocycles. The molecule has 1 atom stereocenters. The first-order valence-electron chi connectivity index (χ1n) is 10.9. The standard InChI is InChI=1S/C27H31NO/c1-3-4-6-9-21-12-18-27-23(20-21)13-19-26(22-10-7-5-8-11-22)28(27)24-14-16-25(29-2)17-15-24/h5,7-8,10-12,14-18,20,26H,3-4,6,9,13,19H2,1-2H3. The smallest absolute Gasteiger partial charge is 0.119 e. The van der Waals surface area contributed by atoms with Gasteiger partial charge >= 0.3 is 0 Å². The van der Waals surface area contributed by atoms with Crippen LogP contribution < -0.4 is 9.64 Å². The van der Waals surface area contributed by atoms with E-state index in [2.05, 4.69) is 84.6 Å². The number of benzene rings is 3. The second-order valence-corrected chi connectivity index (χ2v) is 7.95. The Morgan fingerprint density at radius 1 is 0.931 bits per heavy atom. The van der Waals surface area contributed by atoms with Crippen molar-refractivity contribution in [2.75, 3.05) is 12.0 Å². The van der Waals surface area contributed by atoms with Crippen LogP contribution in [-0.4, -0.2) is 7.11 Å². The zero-order valence-corrected chi connectivity index (χ0v) is 17.6. The van der Waals surface area contributed by atoms with Crippen LogP contribution in [0.5, 0.6) is 5.75 Å². The summed E-state index contributed by atoms with van der Waals surface area (Å²) in [6, 6.07) is 26.9. The van der Waals surface area contributed by atoms with Gasteiger partial charge in [-0.15, -0.1) is 0 Å². The average molecular weight is 386 g/mol. The topological polar surface area (TPSA) is 12.5 Å². The fourth-order valence-corrected chi connectivity index (χ4v) is 4.45. The first-order chi connectivity index (χ1) is 14.3. The van der Waals surface area contributed by atoms with Gasteiger partial charge in [0.1, 0.15) is 5.75 Å². The van der Waals surface area contributed by atoms with E-state index in [1.54, 1.807) is 7.11 Å². The highest BCUT2D eigenvalue weighted by atomic mass is 16.5. The number of methoxy groups -OCH3 is 1. The number of ether oxygens (including phenoxy) is 1. The molecule has 0 spiro atoms. The van der Waals surface area contributed by atoms with E-state index in [-0.39, 0.29) is 0 Å². The van der Waals surface area contributed by atoms with Gasteiger partial charge in [0.05, 0.1) is 13.2 Å². The average Bonchev–Trinajstić information content (AvgIpc) is 2.79. The molecule has 0 amide bonds. The van der Waals surface area contributed by atoms with Crippen molar-refractivity contribution in [3.63, 3.8) is 0 Å². The van der Waals surface area contributed by atoms with Crippen molar-refractivity contribution in [2.45, 2.75) is 51.5 Å². The SMILES string of the molecule is CCCCCc1ccc2c(c1)CCC(c1ccccc1)N2c1ccc(OC)cc1. The van der Waals surface area contributed by atoms with E-state index in [1.165, 1.54) is 53.7 Å². The largest absolute Gasteiger partial charge is 0.497 e. The van der Waals surface area contributed by atoms with Gasteiger partial charge in [-0.1, -0.05) is 62.2 Å². The Kier molecular flexibility index (Phi) is 6.19. The summed E-state index contributed by atoms with van der Waals surface area (Å²) in [7, 11) is 1.72. The quantitative estimate of drug-likeness (QED) is 0.397. The van der Waals surface area contributed by atoms with Crippen LogP contribution in [0, 0.1) is 0 Å². The summed E-state index contributed by atoms with van der Waals surface area (Å²) < 4.78 is 5.38. The van der Waals surface area contributed by atoms with Gasteiger partial charge in [-0.2, -0.15) is 0 Å². The van der Waals surface area contributed by atoms with E-state index in [4.69, 9.17) is 4.74 Å². The van der Waals surface area contributed by atoms with Crippen LogP contribution in [0.3, 0.4) is 0 Å². The van der Waals surface area contributed by atoms with Crippen LogP contribution >= 0.6 is 0 Å². The lowest BCUT2D eigenvalue weighted by Crippen LogP contribution is -2.29. The normalized spacial score (nSPS) is 15.8. The molecule has 3 aromatic carbocycles. The van der Waals surface area contributed by atoms with Crippen molar-refractivity contribution < 1.29 is 4.74 Å². The minimum atomic E-state index is 0.350. The van der Waals surface area contributed by atoms with Gasteiger partial charge in [-0.25, -0.2) is 0 Å². The highest BCUT2D eigenvalue weighted by Crippen LogP contribution is 2.44. The first kappa shape index (κ1) is 19.6. The maximum absolute atomic E-state index is 5.38. The molecule has 1 aliphatic rings. The molecule has 0 N–H and O–H groups in total. The molecule has 2 heteroatoms. The minimum absolute atomic E-state index is 0.350. The fourth-order valence-electron chi connectivity index (χ4n) is 4.45. The molecular weight excluding hydrogens is 354 g/mol. The van der Waals surface area contributed by atoms with Crippen molar-refractivity contribution in [1.29, 1.82) is 0 Å². The molecule has 0 saturated heterocycles. The predicted octanol–water partition coefficient (Wildman–Crippen LogP) is 7.25. The van der Waals surface area contributed by atoms with Crippen molar-refractivity contribution >= 4 is 11.4 Å². The van der Waals surface area contributed by atoms with E-state index in [0.717, 1.165) is 18.6 Å². The second kappa shape index (κ2) is 9.17. The molecule has 3 aromatic rings. The van der Waals surface area contributed by atoms with Crippen molar-refractivity contribution in [3.8, 4) is 5.75 Å². The third kappa shape index (κ3) is 4.32. The van der Waals surface area contributed by atoms with Crippen LogP contribution in [0.2, 0.25) is 0 Å². The Balaban J connectivity index is 1.71. The van der Waals surface area contributed by atoms with Gasteiger partial charge in [-0.3, -0.25) is 0 Å². The summed E-state index contributed by atoms with van der Waals surface area (Å²) in [5.41, 5.74) is 6.89. The Labute approximate surface area is 175 Å². The fraction of sp³-hybridized carbons (Fsp3) is 0.333. The third-order valence-electron chi connectivity index (χ3n) is 6.01. The number of hydrogen-bond acceptors (Lipinski definition) is 2. The van der Waals surface area contributed by atoms with Crippen molar-refractivity contribution in [3.05, 3.63) is 89.5 Å². The van der Waals surface area contributed by atoms with E-state index in [0.29, 0.717) is 6.04 Å². The van der Waals surface area contributed by atoms with Gasteiger partial charge in [0.15, 0.2) is 0 Å². The Bertz CT molecular complexity index is 917. The molecule has 1 aliphatic heterocycles. The highest BCUT2D eigenvalue weighted by molar-refractivity contribution is 5.70. The third-order valence-corrected chi connectivity index (χ3v) is 6.01. The molecule has 1 unspecified atom stereocenters. The van der Waals surface area contributed by atoms with E-state index in [9.17, 15) is 0 Å². The molecule has 2 nitrogen and oxygen atoms in total. The molecule has 0 aromatic heterocycles. The molecule has 0 fully saturated rings. The molecular formula is C27H31NO. The van der Waals surface area contributed by atoms with E-state index >= 15 is 0 Å². The van der Waals surface area contributed by atoms with Crippen LogP contribution in [0.1, 0.15) is 55.3 Å². The van der Waals surface area contributed by atoms with Crippen molar-refractivity contribution in [2.24, 2.45) is 0 Å². The maximum atomic E-state index is 5.38. The number of anilines is 2. The number of aryl methyl sites for hydroxylation is 2. The van der Waals surface area contributed by atoms with Gasteiger partial charge < -0.3 is 9.64 Å². The van der Waals surface area contributed by atoms with Crippen LogP contribution in [-0.2, 0) is 12.8 Å². The highest BCUT2D eigenvalue weighted by Gasteiger charge is 2.28. The Hall–Kier alpha value is -2.74. The predicted molar refractivity (Wildman–Crippen MR) is 122 cm³/mol. The lowest BCUT2D eigenvalue weighted by Gasteiger charge is -2.39. The molecule has 0 aliphatic carbocycles. The molecule has 150 valence electrons. The monoisotopic (exact) mass is 385 g/mol. The summed E-state index contributed by atoms with van der Waals surface area (Å²) in [4.78, 5) is 2.52. The first-order valence-corrected chi connectivity index (χ1v) is 10.9. The van der Waals surface area contributed by atoms with Gasteiger partial charge in [-0.05, 0) is 72.7 Å². The number of rotatable bonds is 7. The van der Waals surface area contributed by atoms with Crippen molar-refractivity contribution in [1.82, 2.24) is 0 Å². The summed E-state index contributed by atoms with van der Waals surface area (Å²) >= 11 is 0. The van der Waals surface area contributed by atoms with Gasteiger partial charge in [0, 0.05) is 11.4 Å². The van der Waals surface area contributed by atoms with Gasteiger partial charge in [0.2, 0.25) is 0 Å². The van der Waals surface area contributed by atoms with Crippen LogP contribution in [0.4, 0.5) is 11.4 Å². The molecule has 0 radical (unpaired) electrons. The zero-order valence-electron chi connectivity index (χ0n) is 17.6. The maximum Gasteiger partial charge on any atom is 0.119 e. The summed E-state index contributed by atoms with van der Waals surface area (Å²) in [6.07, 6.45) is 7.31. The summed E-state index contributed by atoms with van der Waals surface area (Å²) in [6.45, 7) is 2.27. The van der Waals surface area contributed by atoms with E-state index in [1.807, 2.05) is 0 Å². The molecule has 29 heavy (non-hydrogen) atoms. The lowest BCUT2D eigenvalue weighted by molar-refractivity contribution is 0.415. The number of nitrogens with zero attached hydrogens (tertiary/aromatic N) is 1.